The largest absolute Gasteiger partial charge is 1.00 e. The van der Waals surface area contributed by atoms with E-state index in [2.05, 4.69) is 6.92 Å². The molecule has 1 aromatic carbocycles. The van der Waals surface area contributed by atoms with Gasteiger partial charge in [0.05, 0.1) is 4.90 Å². The van der Waals surface area contributed by atoms with Crippen molar-refractivity contribution in [3.05, 3.63) is 29.8 Å². The predicted octanol–water partition coefficient (Wildman–Crippen LogP) is 0.840. The summed E-state index contributed by atoms with van der Waals surface area (Å²) in [6.07, 6.45) is 7.73. The molecular weight excluding hydrogens is 271 g/mol. The van der Waals surface area contributed by atoms with Crippen LogP contribution in [0.15, 0.2) is 29.2 Å². The minimum absolute atomic E-state index is 0. The molecule has 0 amide bonds. The van der Waals surface area contributed by atoms with Gasteiger partial charge < -0.3 is 0 Å². The molecule has 1 aromatic rings. The summed E-state index contributed by atoms with van der Waals surface area (Å²) in [7, 11) is -4.08. The van der Waals surface area contributed by atoms with Gasteiger partial charge >= 0.3 is 29.6 Å². The zero-order chi connectivity index (χ0) is 13.4. The number of benzene rings is 1. The van der Waals surface area contributed by atoms with E-state index in [4.69, 9.17) is 4.55 Å². The molecule has 0 saturated heterocycles. The van der Waals surface area contributed by atoms with Gasteiger partial charge in [0, 0.05) is 0 Å². The van der Waals surface area contributed by atoms with Crippen molar-refractivity contribution in [3.8, 4) is 0 Å². The standard InChI is InChI=1S/C14H22O3S.Na/c1-2-3-4-5-6-7-10-13-11-8-9-12-14(13)18(15,16)17;/h8-9,11-12H,2-7,10H2,1H3,(H,15,16,17);/q;+1. The molecule has 0 fully saturated rings. The van der Waals surface area contributed by atoms with E-state index >= 15 is 0 Å². The van der Waals surface area contributed by atoms with E-state index in [1.165, 1.54) is 31.7 Å². The zero-order valence-corrected chi connectivity index (χ0v) is 14.7. The molecule has 0 saturated carbocycles. The second kappa shape index (κ2) is 9.94. The molecular formula is C14H22NaO3S+. The molecule has 0 aliphatic carbocycles. The van der Waals surface area contributed by atoms with Crippen molar-refractivity contribution < 1.29 is 42.5 Å². The quantitative estimate of drug-likeness (QED) is 0.439. The molecule has 0 aromatic heterocycles. The molecule has 5 heteroatoms. The topological polar surface area (TPSA) is 54.4 Å². The Kier molecular flexibility index (Phi) is 10.0. The van der Waals surface area contributed by atoms with E-state index in [1.807, 2.05) is 0 Å². The van der Waals surface area contributed by atoms with E-state index in [9.17, 15) is 8.42 Å². The van der Waals surface area contributed by atoms with Gasteiger partial charge in [-0.1, -0.05) is 57.2 Å². The first-order valence-electron chi connectivity index (χ1n) is 6.61. The first-order chi connectivity index (χ1) is 8.55. The molecule has 0 aliphatic rings. The zero-order valence-electron chi connectivity index (χ0n) is 11.9. The second-order valence-corrected chi connectivity index (χ2v) is 5.99. The molecule has 0 radical (unpaired) electrons. The number of aryl methyl sites for hydroxylation is 1. The minimum Gasteiger partial charge on any atom is -0.282 e. The summed E-state index contributed by atoms with van der Waals surface area (Å²) in [5.74, 6) is 0. The van der Waals surface area contributed by atoms with Gasteiger partial charge in [-0.25, -0.2) is 0 Å². The van der Waals surface area contributed by atoms with Crippen molar-refractivity contribution in [2.24, 2.45) is 0 Å². The predicted molar refractivity (Wildman–Crippen MR) is 73.3 cm³/mol. The van der Waals surface area contributed by atoms with Crippen LogP contribution in [0.2, 0.25) is 0 Å². The first kappa shape index (κ1) is 19.1. The molecule has 0 atom stereocenters. The fourth-order valence-corrected chi connectivity index (χ4v) is 2.81. The number of rotatable bonds is 8. The molecule has 0 spiro atoms. The van der Waals surface area contributed by atoms with Gasteiger partial charge in [0.1, 0.15) is 0 Å². The summed E-state index contributed by atoms with van der Waals surface area (Å²) >= 11 is 0. The molecule has 0 bridgehead atoms. The summed E-state index contributed by atoms with van der Waals surface area (Å²) in [4.78, 5) is 0.0542. The summed E-state index contributed by atoms with van der Waals surface area (Å²) < 4.78 is 31.5. The van der Waals surface area contributed by atoms with Crippen molar-refractivity contribution >= 4 is 10.1 Å². The Balaban J connectivity index is 0.00000324. The van der Waals surface area contributed by atoms with Crippen LogP contribution in [0.1, 0.15) is 51.0 Å². The molecule has 1 rings (SSSR count). The smallest absolute Gasteiger partial charge is 0.282 e. The van der Waals surface area contributed by atoms with Crippen LogP contribution >= 0.6 is 0 Å². The van der Waals surface area contributed by atoms with Crippen molar-refractivity contribution in [3.63, 3.8) is 0 Å². The van der Waals surface area contributed by atoms with Gasteiger partial charge in [0.25, 0.3) is 10.1 Å². The van der Waals surface area contributed by atoms with E-state index in [0.717, 1.165) is 18.4 Å². The average Bonchev–Trinajstić information content (AvgIpc) is 2.33. The SMILES string of the molecule is CCCCCCCCc1ccccc1S(=O)(=O)O.[Na+]. The number of hydrogen-bond donors (Lipinski definition) is 1. The molecule has 102 valence electrons. The molecule has 0 heterocycles. The third-order valence-corrected chi connectivity index (χ3v) is 4.00. The Morgan fingerprint density at radius 3 is 2.21 bits per heavy atom. The van der Waals surface area contributed by atoms with Gasteiger partial charge in [-0.3, -0.25) is 4.55 Å². The monoisotopic (exact) mass is 293 g/mol. The van der Waals surface area contributed by atoms with Crippen LogP contribution in [0.5, 0.6) is 0 Å². The summed E-state index contributed by atoms with van der Waals surface area (Å²) in [6.45, 7) is 2.18. The second-order valence-electron chi connectivity index (χ2n) is 4.60. The van der Waals surface area contributed by atoms with Gasteiger partial charge in [0.15, 0.2) is 0 Å². The normalized spacial score (nSPS) is 11.1. The van der Waals surface area contributed by atoms with Crippen molar-refractivity contribution in [1.29, 1.82) is 0 Å². The molecule has 3 nitrogen and oxygen atoms in total. The Labute approximate surface area is 138 Å². The maximum absolute atomic E-state index is 11.2. The maximum Gasteiger partial charge on any atom is 1.00 e. The van der Waals surface area contributed by atoms with Crippen molar-refractivity contribution in [1.82, 2.24) is 0 Å². The first-order valence-corrected chi connectivity index (χ1v) is 8.05. The third kappa shape index (κ3) is 7.47. The Morgan fingerprint density at radius 2 is 1.58 bits per heavy atom. The van der Waals surface area contributed by atoms with E-state index < -0.39 is 10.1 Å². The summed E-state index contributed by atoms with van der Waals surface area (Å²) in [5.41, 5.74) is 0.718. The number of hydrogen-bond acceptors (Lipinski definition) is 2. The summed E-state index contributed by atoms with van der Waals surface area (Å²) in [5, 5.41) is 0. The van der Waals surface area contributed by atoms with Crippen molar-refractivity contribution in [2.75, 3.05) is 0 Å². The van der Waals surface area contributed by atoms with Gasteiger partial charge in [-0.2, -0.15) is 8.42 Å². The molecule has 0 unspecified atom stereocenters. The van der Waals surface area contributed by atoms with Crippen LogP contribution < -0.4 is 29.6 Å². The Morgan fingerprint density at radius 1 is 1.00 bits per heavy atom. The van der Waals surface area contributed by atoms with Crippen LogP contribution in [0.25, 0.3) is 0 Å². The van der Waals surface area contributed by atoms with Crippen LogP contribution in [0.3, 0.4) is 0 Å². The fraction of sp³-hybridized carbons (Fsp3) is 0.571. The molecule has 0 aliphatic heterocycles. The third-order valence-electron chi connectivity index (χ3n) is 3.05. The van der Waals surface area contributed by atoms with E-state index in [0.29, 0.717) is 6.42 Å². The van der Waals surface area contributed by atoms with Gasteiger partial charge in [0.2, 0.25) is 0 Å². The van der Waals surface area contributed by atoms with Crippen LogP contribution in [0.4, 0.5) is 0 Å². The summed E-state index contributed by atoms with van der Waals surface area (Å²) in [6, 6.07) is 6.67. The molecule has 1 N–H and O–H groups in total. The Bertz CT molecular complexity index is 458. The Hall–Kier alpha value is 0.130. The molecule has 19 heavy (non-hydrogen) atoms. The fourth-order valence-electron chi connectivity index (χ4n) is 2.06. The van der Waals surface area contributed by atoms with Crippen LogP contribution in [-0.2, 0) is 16.5 Å². The van der Waals surface area contributed by atoms with Crippen LogP contribution in [-0.4, -0.2) is 13.0 Å². The van der Waals surface area contributed by atoms with Crippen LogP contribution in [0, 0.1) is 0 Å². The minimum atomic E-state index is -4.08. The van der Waals surface area contributed by atoms with Crippen molar-refractivity contribution in [2.45, 2.75) is 56.8 Å². The maximum atomic E-state index is 11.2. The number of unbranched alkanes of at least 4 members (excludes halogenated alkanes) is 5. The van der Waals surface area contributed by atoms with Gasteiger partial charge in [-0.15, -0.1) is 0 Å². The van der Waals surface area contributed by atoms with E-state index in [1.54, 1.807) is 18.2 Å². The average molecular weight is 293 g/mol. The van der Waals surface area contributed by atoms with Gasteiger partial charge in [-0.05, 0) is 24.5 Å². The van der Waals surface area contributed by atoms with E-state index in [-0.39, 0.29) is 34.5 Å².